The lowest BCUT2D eigenvalue weighted by atomic mass is 9.98. The summed E-state index contributed by atoms with van der Waals surface area (Å²) < 4.78 is 5.37. The van der Waals surface area contributed by atoms with Crippen molar-refractivity contribution in [1.82, 2.24) is 15.6 Å². The lowest BCUT2D eigenvalue weighted by Crippen LogP contribution is -2.52. The molecule has 0 saturated heterocycles. The third-order valence-corrected chi connectivity index (χ3v) is 6.47. The Morgan fingerprint density at radius 2 is 1.94 bits per heavy atom. The van der Waals surface area contributed by atoms with Gasteiger partial charge in [-0.05, 0) is 61.5 Å². The van der Waals surface area contributed by atoms with Crippen LogP contribution < -0.4 is 20.3 Å². The summed E-state index contributed by atoms with van der Waals surface area (Å²) in [6, 6.07) is 12.9. The largest absolute Gasteiger partial charge is 0.497 e. The molecule has 2 aromatic heterocycles. The summed E-state index contributed by atoms with van der Waals surface area (Å²) in [6.45, 7) is 5.53. The maximum absolute atomic E-state index is 13.7. The van der Waals surface area contributed by atoms with Gasteiger partial charge < -0.3 is 15.4 Å². The van der Waals surface area contributed by atoms with Gasteiger partial charge in [-0.25, -0.2) is 0 Å². The fraction of sp³-hybridized carbons (Fsp3) is 0.308. The van der Waals surface area contributed by atoms with Crippen LogP contribution in [0.25, 0.3) is 0 Å². The molecule has 8 nitrogen and oxygen atoms in total. The lowest BCUT2D eigenvalue weighted by Gasteiger charge is -2.34. The molecule has 0 aliphatic rings. The van der Waals surface area contributed by atoms with Crippen molar-refractivity contribution in [3.8, 4) is 5.75 Å². The number of hydrogen-bond donors (Lipinski definition) is 2. The molecule has 0 bridgehead atoms. The van der Waals surface area contributed by atoms with Crippen molar-refractivity contribution in [3.05, 3.63) is 76.7 Å². The first-order valence-corrected chi connectivity index (χ1v) is 12.1. The number of anilines is 1. The average molecular weight is 495 g/mol. The molecule has 9 heteroatoms. The van der Waals surface area contributed by atoms with E-state index in [4.69, 9.17) is 4.74 Å². The minimum absolute atomic E-state index is 0.295. The van der Waals surface area contributed by atoms with Crippen molar-refractivity contribution < 1.29 is 19.1 Å². The van der Waals surface area contributed by atoms with Crippen molar-refractivity contribution in [1.29, 1.82) is 0 Å². The first kappa shape index (κ1) is 25.9. The summed E-state index contributed by atoms with van der Waals surface area (Å²) >= 11 is 1.28. The molecule has 0 saturated carbocycles. The van der Waals surface area contributed by atoms with Crippen molar-refractivity contribution in [2.45, 2.75) is 38.8 Å². The maximum Gasteiger partial charge on any atom is 0.261 e. The fourth-order valence-corrected chi connectivity index (χ4v) is 4.03. The molecule has 2 heterocycles. The normalized spacial score (nSPS) is 11.9. The summed E-state index contributed by atoms with van der Waals surface area (Å²) in [6.07, 6.45) is 3.80. The van der Waals surface area contributed by atoms with E-state index in [1.54, 1.807) is 67.2 Å². The molecule has 2 N–H and O–H groups in total. The number of thiophene rings is 1. The number of pyridine rings is 1. The van der Waals surface area contributed by atoms with Gasteiger partial charge >= 0.3 is 0 Å². The standard InChI is InChI=1S/C26H30N4O4S/c1-5-26(2,3)29-25(33)23(18-9-6-11-20(15-18)34-4)30(19-10-7-13-27-16-19)22(31)17-28-24(32)21-12-8-14-35-21/h6-16,23H,5,17H2,1-4H3,(H,28,32)(H,29,33)/t23-/m1/s1. The van der Waals surface area contributed by atoms with Gasteiger partial charge in [0.25, 0.3) is 5.91 Å². The smallest absolute Gasteiger partial charge is 0.261 e. The lowest BCUT2D eigenvalue weighted by molar-refractivity contribution is -0.127. The van der Waals surface area contributed by atoms with E-state index >= 15 is 0 Å². The highest BCUT2D eigenvalue weighted by molar-refractivity contribution is 7.12. The number of rotatable bonds is 10. The minimum atomic E-state index is -1.02. The van der Waals surface area contributed by atoms with Crippen LogP contribution in [0.4, 0.5) is 5.69 Å². The van der Waals surface area contributed by atoms with Crippen molar-refractivity contribution in [2.24, 2.45) is 0 Å². The third kappa shape index (κ3) is 6.66. The SMILES string of the molecule is CCC(C)(C)NC(=O)[C@@H](c1cccc(OC)c1)N(C(=O)CNC(=O)c1cccs1)c1cccnc1. The first-order valence-electron chi connectivity index (χ1n) is 11.3. The molecule has 0 aliphatic heterocycles. The van der Waals surface area contributed by atoms with E-state index in [0.29, 0.717) is 28.3 Å². The second kappa shape index (κ2) is 11.6. The second-order valence-electron chi connectivity index (χ2n) is 8.54. The Balaban J connectivity index is 2.02. The number of carbonyl (C=O) groups is 3. The van der Waals surface area contributed by atoms with Crippen molar-refractivity contribution in [3.63, 3.8) is 0 Å². The van der Waals surface area contributed by atoms with E-state index in [0.717, 1.165) is 0 Å². The summed E-state index contributed by atoms with van der Waals surface area (Å²) in [4.78, 5) is 45.8. The van der Waals surface area contributed by atoms with Gasteiger partial charge in [0.05, 0.1) is 30.4 Å². The molecule has 3 rings (SSSR count). The van der Waals surface area contributed by atoms with Gasteiger partial charge in [0, 0.05) is 11.7 Å². The zero-order chi connectivity index (χ0) is 25.4. The number of nitrogens with one attached hydrogen (secondary N) is 2. The van der Waals surface area contributed by atoms with Gasteiger partial charge in [-0.1, -0.05) is 25.1 Å². The summed E-state index contributed by atoms with van der Waals surface area (Å²) in [5.74, 6) is -0.610. The number of methoxy groups -OCH3 is 1. The van der Waals surface area contributed by atoms with E-state index < -0.39 is 17.5 Å². The predicted molar refractivity (Wildman–Crippen MR) is 137 cm³/mol. The quantitative estimate of drug-likeness (QED) is 0.444. The average Bonchev–Trinajstić information content (AvgIpc) is 3.41. The molecular formula is C26H30N4O4S. The van der Waals surface area contributed by atoms with Gasteiger partial charge in [-0.2, -0.15) is 0 Å². The summed E-state index contributed by atoms with van der Waals surface area (Å²) in [5.41, 5.74) is 0.501. The van der Waals surface area contributed by atoms with Crippen LogP contribution in [0.2, 0.25) is 0 Å². The fourth-order valence-electron chi connectivity index (χ4n) is 3.39. The third-order valence-electron chi connectivity index (χ3n) is 5.60. The van der Waals surface area contributed by atoms with E-state index in [1.807, 2.05) is 20.8 Å². The molecule has 1 aromatic carbocycles. The van der Waals surface area contributed by atoms with Crippen molar-refractivity contribution >= 4 is 34.7 Å². The van der Waals surface area contributed by atoms with Crippen LogP contribution in [0.1, 0.15) is 48.5 Å². The number of carbonyl (C=O) groups excluding carboxylic acids is 3. The molecule has 0 radical (unpaired) electrons. The monoisotopic (exact) mass is 494 g/mol. The number of benzene rings is 1. The molecule has 184 valence electrons. The Hall–Kier alpha value is -3.72. The van der Waals surface area contributed by atoms with Crippen LogP contribution in [-0.2, 0) is 9.59 Å². The van der Waals surface area contributed by atoms with Gasteiger partial charge in [-0.15, -0.1) is 11.3 Å². The van der Waals surface area contributed by atoms with Crippen LogP contribution in [-0.4, -0.2) is 41.9 Å². The van der Waals surface area contributed by atoms with Gasteiger partial charge in [0.2, 0.25) is 11.8 Å². The number of hydrogen-bond acceptors (Lipinski definition) is 6. The van der Waals surface area contributed by atoms with Gasteiger partial charge in [0.1, 0.15) is 11.8 Å². The number of aromatic nitrogens is 1. The van der Waals surface area contributed by atoms with Crippen LogP contribution in [0.3, 0.4) is 0 Å². The zero-order valence-corrected chi connectivity index (χ0v) is 21.1. The Labute approximate surface area is 209 Å². The molecule has 0 aliphatic carbocycles. The predicted octanol–water partition coefficient (Wildman–Crippen LogP) is 3.96. The molecule has 1 atom stereocenters. The Kier molecular flexibility index (Phi) is 8.59. The number of ether oxygens (including phenoxy) is 1. The molecule has 3 aromatic rings. The van der Waals surface area contributed by atoms with Crippen LogP contribution in [0.5, 0.6) is 5.75 Å². The maximum atomic E-state index is 13.7. The highest BCUT2D eigenvalue weighted by Gasteiger charge is 2.35. The summed E-state index contributed by atoms with van der Waals surface area (Å²) in [7, 11) is 1.54. The molecule has 35 heavy (non-hydrogen) atoms. The molecular weight excluding hydrogens is 464 g/mol. The highest BCUT2D eigenvalue weighted by Crippen LogP contribution is 2.30. The van der Waals surface area contributed by atoms with Crippen LogP contribution in [0.15, 0.2) is 66.3 Å². The van der Waals surface area contributed by atoms with Gasteiger partial charge in [0.15, 0.2) is 0 Å². The van der Waals surface area contributed by atoms with Crippen molar-refractivity contribution in [2.75, 3.05) is 18.6 Å². The summed E-state index contributed by atoms with van der Waals surface area (Å²) in [5, 5.41) is 7.51. The zero-order valence-electron chi connectivity index (χ0n) is 20.3. The topological polar surface area (TPSA) is 101 Å². The first-order chi connectivity index (χ1) is 16.8. The van der Waals surface area contributed by atoms with E-state index in [9.17, 15) is 14.4 Å². The van der Waals surface area contributed by atoms with Crippen LogP contribution >= 0.6 is 11.3 Å². The van der Waals surface area contributed by atoms with E-state index in [2.05, 4.69) is 15.6 Å². The number of amides is 3. The Morgan fingerprint density at radius 3 is 2.57 bits per heavy atom. The molecule has 0 fully saturated rings. The molecule has 3 amide bonds. The van der Waals surface area contributed by atoms with E-state index in [1.165, 1.54) is 22.4 Å². The molecule has 0 spiro atoms. The van der Waals surface area contributed by atoms with Crippen LogP contribution in [0, 0.1) is 0 Å². The second-order valence-corrected chi connectivity index (χ2v) is 9.49. The Morgan fingerprint density at radius 1 is 1.14 bits per heavy atom. The number of nitrogens with zero attached hydrogens (tertiary/aromatic N) is 2. The Bertz CT molecular complexity index is 1150. The highest BCUT2D eigenvalue weighted by atomic mass is 32.1. The minimum Gasteiger partial charge on any atom is -0.497 e. The van der Waals surface area contributed by atoms with E-state index in [-0.39, 0.29) is 18.4 Å². The van der Waals surface area contributed by atoms with Gasteiger partial charge in [-0.3, -0.25) is 24.3 Å². The molecule has 0 unspecified atom stereocenters.